The largest absolute Gasteiger partial charge is 0.422 e. The van der Waals surface area contributed by atoms with Crippen LogP contribution in [0.1, 0.15) is 112 Å². The van der Waals surface area contributed by atoms with Gasteiger partial charge in [-0.3, -0.25) is 0 Å². The highest BCUT2D eigenvalue weighted by Gasteiger charge is 2.13. The van der Waals surface area contributed by atoms with Crippen LogP contribution in [0.3, 0.4) is 0 Å². The maximum Gasteiger partial charge on any atom is 0.343 e. The smallest absolute Gasteiger partial charge is 0.343 e. The molecule has 3 rings (SSSR count). The summed E-state index contributed by atoms with van der Waals surface area (Å²) in [4.78, 5) is 21.8. The molecule has 3 aromatic rings. The van der Waals surface area contributed by atoms with E-state index in [1.54, 1.807) is 18.2 Å². The lowest BCUT2D eigenvalue weighted by Crippen LogP contribution is -2.09. The number of hydrogen-bond donors (Lipinski definition) is 0. The van der Waals surface area contributed by atoms with Crippen LogP contribution in [0.15, 0.2) is 54.9 Å². The third-order valence-electron chi connectivity index (χ3n) is 6.84. The van der Waals surface area contributed by atoms with E-state index in [0.29, 0.717) is 22.7 Å². The molecule has 0 saturated carbocycles. The Morgan fingerprint density at radius 1 is 0.763 bits per heavy atom. The minimum atomic E-state index is -0.490. The third-order valence-corrected chi connectivity index (χ3v) is 6.84. The number of benzene rings is 2. The van der Waals surface area contributed by atoms with E-state index in [2.05, 4.69) is 29.9 Å². The van der Waals surface area contributed by atoms with Crippen LogP contribution in [0.2, 0.25) is 0 Å². The molecule has 0 fully saturated rings. The molecule has 2 aromatic carbocycles. The van der Waals surface area contributed by atoms with Gasteiger partial charge in [-0.15, -0.1) is 0 Å². The summed E-state index contributed by atoms with van der Waals surface area (Å²) in [7, 11) is 0. The molecular formula is C33H41N3O2. The number of nitrogens with zero attached hydrogens (tertiary/aromatic N) is 3. The van der Waals surface area contributed by atoms with E-state index in [1.807, 2.05) is 36.7 Å². The first-order valence-electron chi connectivity index (χ1n) is 14.3. The van der Waals surface area contributed by atoms with Gasteiger partial charge in [-0.1, -0.05) is 89.8 Å². The molecule has 0 atom stereocenters. The van der Waals surface area contributed by atoms with Gasteiger partial charge in [0.1, 0.15) is 11.8 Å². The maximum atomic E-state index is 12.8. The maximum absolute atomic E-state index is 12.8. The van der Waals surface area contributed by atoms with Gasteiger partial charge in [-0.05, 0) is 61.1 Å². The van der Waals surface area contributed by atoms with Gasteiger partial charge in [0.2, 0.25) is 0 Å². The predicted octanol–water partition coefficient (Wildman–Crippen LogP) is 8.65. The highest BCUT2D eigenvalue weighted by Crippen LogP contribution is 2.23. The van der Waals surface area contributed by atoms with Crippen LogP contribution >= 0.6 is 0 Å². The summed E-state index contributed by atoms with van der Waals surface area (Å²) in [6.45, 7) is 4.44. The molecule has 0 N–H and O–H groups in total. The zero-order chi connectivity index (χ0) is 27.0. The van der Waals surface area contributed by atoms with Crippen molar-refractivity contribution in [2.45, 2.75) is 97.3 Å². The highest BCUT2D eigenvalue weighted by atomic mass is 16.5. The van der Waals surface area contributed by atoms with E-state index >= 15 is 0 Å². The lowest BCUT2D eigenvalue weighted by molar-refractivity contribution is 0.0734. The third kappa shape index (κ3) is 9.41. The molecule has 0 radical (unpaired) electrons. The molecular weight excluding hydrogens is 470 g/mol. The standard InChI is InChI=1S/C33H41N3O2/c1-3-5-7-9-10-11-13-14-26-16-21-31(30(22-26)23-34)38-33(37)29-19-17-28(18-20-29)32-35-24-27(25-36-32)15-12-8-6-4-2/h16-22,24-25H,3-15H2,1-2H3. The molecule has 200 valence electrons. The summed E-state index contributed by atoms with van der Waals surface area (Å²) in [5, 5.41) is 9.62. The minimum Gasteiger partial charge on any atom is -0.422 e. The summed E-state index contributed by atoms with van der Waals surface area (Å²) < 4.78 is 5.58. The number of carbonyl (C=O) groups excluding carboxylic acids is 1. The van der Waals surface area contributed by atoms with Crippen LogP contribution in [0, 0.1) is 11.3 Å². The monoisotopic (exact) mass is 511 g/mol. The van der Waals surface area contributed by atoms with Crippen molar-refractivity contribution in [1.82, 2.24) is 9.97 Å². The van der Waals surface area contributed by atoms with Crippen LogP contribution < -0.4 is 4.74 Å². The van der Waals surface area contributed by atoms with Crippen LogP contribution in [-0.4, -0.2) is 15.9 Å². The van der Waals surface area contributed by atoms with Crippen molar-refractivity contribution in [2.75, 3.05) is 0 Å². The number of rotatable bonds is 16. The molecule has 38 heavy (non-hydrogen) atoms. The normalized spacial score (nSPS) is 10.8. The second-order valence-corrected chi connectivity index (χ2v) is 10.0. The highest BCUT2D eigenvalue weighted by molar-refractivity contribution is 5.91. The van der Waals surface area contributed by atoms with E-state index in [9.17, 15) is 10.1 Å². The molecule has 0 aliphatic heterocycles. The van der Waals surface area contributed by atoms with Crippen molar-refractivity contribution in [3.63, 3.8) is 0 Å². The Labute approximate surface area is 228 Å². The number of esters is 1. The van der Waals surface area contributed by atoms with Crippen molar-refractivity contribution < 1.29 is 9.53 Å². The van der Waals surface area contributed by atoms with Gasteiger partial charge in [0.15, 0.2) is 5.82 Å². The number of hydrogen-bond acceptors (Lipinski definition) is 5. The summed E-state index contributed by atoms with van der Waals surface area (Å²) in [5.74, 6) is 0.435. The van der Waals surface area contributed by atoms with Crippen molar-refractivity contribution in [3.05, 3.63) is 77.1 Å². The van der Waals surface area contributed by atoms with Crippen molar-refractivity contribution >= 4 is 5.97 Å². The summed E-state index contributed by atoms with van der Waals surface area (Å²) >= 11 is 0. The van der Waals surface area contributed by atoms with E-state index < -0.39 is 5.97 Å². The average Bonchev–Trinajstić information content (AvgIpc) is 2.96. The average molecular weight is 512 g/mol. The molecule has 5 heteroatoms. The van der Waals surface area contributed by atoms with E-state index in [-0.39, 0.29) is 0 Å². The summed E-state index contributed by atoms with van der Waals surface area (Å²) in [6, 6.07) is 14.8. The quantitative estimate of drug-likeness (QED) is 0.109. The SMILES string of the molecule is CCCCCCCCCc1ccc(OC(=O)c2ccc(-c3ncc(CCCCCC)cn3)cc2)c(C#N)c1. The zero-order valence-electron chi connectivity index (χ0n) is 23.0. The van der Waals surface area contributed by atoms with Gasteiger partial charge in [-0.2, -0.15) is 5.26 Å². The molecule has 0 amide bonds. The number of unbranched alkanes of at least 4 members (excludes halogenated alkanes) is 9. The van der Waals surface area contributed by atoms with Crippen LogP contribution in [0.25, 0.3) is 11.4 Å². The van der Waals surface area contributed by atoms with E-state index in [4.69, 9.17) is 4.74 Å². The first kappa shape index (κ1) is 29.0. The van der Waals surface area contributed by atoms with Gasteiger partial charge >= 0.3 is 5.97 Å². The Balaban J connectivity index is 1.52. The lowest BCUT2D eigenvalue weighted by Gasteiger charge is -2.09. The van der Waals surface area contributed by atoms with Gasteiger partial charge in [-0.25, -0.2) is 14.8 Å². The minimum absolute atomic E-state index is 0.294. The van der Waals surface area contributed by atoms with Crippen LogP contribution in [0.5, 0.6) is 5.75 Å². The number of carbonyl (C=O) groups is 1. The van der Waals surface area contributed by atoms with Crippen molar-refractivity contribution in [1.29, 1.82) is 5.26 Å². The Morgan fingerprint density at radius 2 is 1.34 bits per heavy atom. The predicted molar refractivity (Wildman–Crippen MR) is 153 cm³/mol. The van der Waals surface area contributed by atoms with Gasteiger partial charge in [0.25, 0.3) is 0 Å². The fourth-order valence-corrected chi connectivity index (χ4v) is 4.50. The molecule has 0 unspecified atom stereocenters. The molecule has 1 heterocycles. The molecule has 0 saturated heterocycles. The van der Waals surface area contributed by atoms with Gasteiger partial charge < -0.3 is 4.74 Å². The van der Waals surface area contributed by atoms with Crippen molar-refractivity contribution in [3.8, 4) is 23.2 Å². The van der Waals surface area contributed by atoms with Crippen molar-refractivity contribution in [2.24, 2.45) is 0 Å². The first-order chi connectivity index (χ1) is 18.6. The Kier molecular flexibility index (Phi) is 12.5. The fraction of sp³-hybridized carbons (Fsp3) is 0.455. The summed E-state index contributed by atoms with van der Waals surface area (Å²) in [5.41, 5.74) is 3.89. The second-order valence-electron chi connectivity index (χ2n) is 10.0. The number of nitriles is 1. The molecule has 0 aliphatic rings. The van der Waals surface area contributed by atoms with Gasteiger partial charge in [0, 0.05) is 18.0 Å². The Hall–Kier alpha value is -3.52. The van der Waals surface area contributed by atoms with E-state index in [1.165, 1.54) is 57.8 Å². The second kappa shape index (κ2) is 16.3. The topological polar surface area (TPSA) is 75.9 Å². The number of aryl methyl sites for hydroxylation is 2. The van der Waals surface area contributed by atoms with Crippen LogP contribution in [0.4, 0.5) is 0 Å². The Bertz CT molecular complexity index is 1160. The molecule has 0 spiro atoms. The Morgan fingerprint density at radius 3 is 1.97 bits per heavy atom. The molecule has 1 aromatic heterocycles. The van der Waals surface area contributed by atoms with E-state index in [0.717, 1.165) is 42.4 Å². The molecule has 0 aliphatic carbocycles. The zero-order valence-corrected chi connectivity index (χ0v) is 23.0. The number of ether oxygens (including phenoxy) is 1. The first-order valence-corrected chi connectivity index (χ1v) is 14.3. The summed E-state index contributed by atoms with van der Waals surface area (Å²) in [6.07, 6.45) is 19.3. The van der Waals surface area contributed by atoms with Crippen LogP contribution in [-0.2, 0) is 12.8 Å². The van der Waals surface area contributed by atoms with Gasteiger partial charge in [0.05, 0.1) is 11.1 Å². The molecule has 0 bridgehead atoms. The molecule has 5 nitrogen and oxygen atoms in total. The lowest BCUT2D eigenvalue weighted by atomic mass is 10.0. The fourth-order valence-electron chi connectivity index (χ4n) is 4.50. The number of aromatic nitrogens is 2.